The highest BCUT2D eigenvalue weighted by molar-refractivity contribution is 6.28. The van der Waals surface area contributed by atoms with Crippen LogP contribution in [0.15, 0.2) is 0 Å². The third-order valence-electron chi connectivity index (χ3n) is 2.76. The topological polar surface area (TPSA) is 61.4 Å². The van der Waals surface area contributed by atoms with Crippen LogP contribution in [0.2, 0.25) is 0 Å². The van der Waals surface area contributed by atoms with Crippen LogP contribution in [0, 0.1) is 0 Å². The molecule has 106 valence electrons. The van der Waals surface area contributed by atoms with Crippen molar-refractivity contribution < 1.29 is 9.59 Å². The molecule has 0 spiro atoms. The summed E-state index contributed by atoms with van der Waals surface area (Å²) in [6.07, 6.45) is 1.91. The summed E-state index contributed by atoms with van der Waals surface area (Å²) >= 11 is 5.29. The molecular formula is C12H24ClN3O2. The molecule has 0 rings (SSSR count). The maximum atomic E-state index is 11.3. The van der Waals surface area contributed by atoms with E-state index in [1.54, 1.807) is 0 Å². The summed E-state index contributed by atoms with van der Waals surface area (Å²) in [5, 5.41) is 4.86. The molecule has 0 radical (unpaired) electrons. The number of carbonyl (C=O) groups excluding carboxylic acids is 2. The van der Waals surface area contributed by atoms with E-state index in [0.717, 1.165) is 32.5 Å². The van der Waals surface area contributed by atoms with Crippen molar-refractivity contribution >= 4 is 23.5 Å². The second-order valence-electron chi connectivity index (χ2n) is 4.23. The number of halogens is 1. The molecule has 0 aromatic heterocycles. The number of imide groups is 1. The first-order valence-electron chi connectivity index (χ1n) is 6.42. The third-order valence-corrected chi connectivity index (χ3v) is 3.00. The number of rotatable bonds is 8. The lowest BCUT2D eigenvalue weighted by molar-refractivity contribution is -0.117. The summed E-state index contributed by atoms with van der Waals surface area (Å²) in [5.74, 6) is -0.687. The molecule has 0 bridgehead atoms. The molecule has 0 aromatic rings. The minimum Gasteiger partial charge on any atom is -0.335 e. The number of hydrogen-bond acceptors (Lipinski definition) is 3. The number of nitrogens with zero attached hydrogens (tertiary/aromatic N) is 1. The van der Waals surface area contributed by atoms with Gasteiger partial charge in [-0.15, -0.1) is 11.6 Å². The van der Waals surface area contributed by atoms with Crippen LogP contribution in [0.25, 0.3) is 0 Å². The van der Waals surface area contributed by atoms with E-state index in [4.69, 9.17) is 11.6 Å². The minimum absolute atomic E-state index is 0.0451. The molecule has 5 nitrogen and oxygen atoms in total. The summed E-state index contributed by atoms with van der Waals surface area (Å²) in [6.45, 7) is 9.31. The average Bonchev–Trinajstić information content (AvgIpc) is 2.34. The van der Waals surface area contributed by atoms with Crippen LogP contribution in [-0.2, 0) is 4.79 Å². The Balaban J connectivity index is 3.73. The highest BCUT2D eigenvalue weighted by atomic mass is 35.5. The first-order valence-corrected chi connectivity index (χ1v) is 6.95. The average molecular weight is 278 g/mol. The molecule has 0 heterocycles. The zero-order chi connectivity index (χ0) is 14.0. The first kappa shape index (κ1) is 17.2. The number of alkyl halides is 1. The summed E-state index contributed by atoms with van der Waals surface area (Å²) in [5.41, 5.74) is 0. The summed E-state index contributed by atoms with van der Waals surface area (Å²) in [4.78, 5) is 24.5. The van der Waals surface area contributed by atoms with Gasteiger partial charge in [0.05, 0.1) is 0 Å². The number of urea groups is 1. The van der Waals surface area contributed by atoms with E-state index in [1.807, 2.05) is 6.92 Å². The number of carbonyl (C=O) groups is 2. The standard InChI is InChI=1S/C12H24ClN3O2/c1-4-16(5-2)8-6-7-10(3)14-12(18)15-11(17)9-13/h10H,4-9H2,1-3H3,(H2,14,15,17,18). The third kappa shape index (κ3) is 8.31. The number of amides is 3. The Bertz CT molecular complexity index is 258. The van der Waals surface area contributed by atoms with Crippen LogP contribution in [0.1, 0.15) is 33.6 Å². The smallest absolute Gasteiger partial charge is 0.321 e. The summed E-state index contributed by atoms with van der Waals surface area (Å²) in [7, 11) is 0. The van der Waals surface area contributed by atoms with Crippen LogP contribution < -0.4 is 10.6 Å². The Morgan fingerprint density at radius 2 is 1.89 bits per heavy atom. The van der Waals surface area contributed by atoms with Crippen molar-refractivity contribution in [3.63, 3.8) is 0 Å². The molecule has 0 aliphatic rings. The molecule has 0 saturated heterocycles. The van der Waals surface area contributed by atoms with E-state index >= 15 is 0 Å². The molecular weight excluding hydrogens is 254 g/mol. The van der Waals surface area contributed by atoms with Crippen molar-refractivity contribution in [3.8, 4) is 0 Å². The van der Waals surface area contributed by atoms with E-state index in [-0.39, 0.29) is 11.9 Å². The van der Waals surface area contributed by atoms with E-state index in [9.17, 15) is 9.59 Å². The molecule has 0 saturated carbocycles. The molecule has 0 fully saturated rings. The van der Waals surface area contributed by atoms with Crippen molar-refractivity contribution in [2.75, 3.05) is 25.5 Å². The molecule has 3 amide bonds. The predicted molar refractivity (Wildman–Crippen MR) is 73.9 cm³/mol. The van der Waals surface area contributed by atoms with Gasteiger partial charge in [0.2, 0.25) is 5.91 Å². The lowest BCUT2D eigenvalue weighted by atomic mass is 10.2. The van der Waals surface area contributed by atoms with Crippen LogP contribution in [0.5, 0.6) is 0 Å². The number of nitrogens with one attached hydrogen (secondary N) is 2. The van der Waals surface area contributed by atoms with Gasteiger partial charge in [-0.2, -0.15) is 0 Å². The number of hydrogen-bond donors (Lipinski definition) is 2. The SMILES string of the molecule is CCN(CC)CCCC(C)NC(=O)NC(=O)CCl. The summed E-state index contributed by atoms with van der Waals surface area (Å²) < 4.78 is 0. The predicted octanol–water partition coefficient (Wildman–Crippen LogP) is 1.56. The molecule has 1 unspecified atom stereocenters. The van der Waals surface area contributed by atoms with Crippen LogP contribution in [0.3, 0.4) is 0 Å². The molecule has 0 aliphatic heterocycles. The lowest BCUT2D eigenvalue weighted by Crippen LogP contribution is -2.44. The van der Waals surface area contributed by atoms with Gasteiger partial charge in [-0.1, -0.05) is 13.8 Å². The highest BCUT2D eigenvalue weighted by Crippen LogP contribution is 1.99. The van der Waals surface area contributed by atoms with E-state index in [0.29, 0.717) is 0 Å². The van der Waals surface area contributed by atoms with Crippen LogP contribution >= 0.6 is 11.6 Å². The monoisotopic (exact) mass is 277 g/mol. The molecule has 1 atom stereocenters. The molecule has 18 heavy (non-hydrogen) atoms. The second-order valence-corrected chi connectivity index (χ2v) is 4.49. The molecule has 0 aromatic carbocycles. The maximum absolute atomic E-state index is 11.3. The van der Waals surface area contributed by atoms with Gasteiger partial charge in [-0.3, -0.25) is 10.1 Å². The van der Waals surface area contributed by atoms with Gasteiger partial charge in [0.25, 0.3) is 0 Å². The van der Waals surface area contributed by atoms with Gasteiger partial charge >= 0.3 is 6.03 Å². The Kier molecular flexibility index (Phi) is 9.69. The van der Waals surface area contributed by atoms with Crippen molar-refractivity contribution in [1.29, 1.82) is 0 Å². The lowest BCUT2D eigenvalue weighted by Gasteiger charge is -2.19. The Labute approximate surface area is 114 Å². The molecule has 2 N–H and O–H groups in total. The van der Waals surface area contributed by atoms with Gasteiger partial charge in [0.15, 0.2) is 0 Å². The van der Waals surface area contributed by atoms with Crippen molar-refractivity contribution in [3.05, 3.63) is 0 Å². The Hall–Kier alpha value is -0.810. The largest absolute Gasteiger partial charge is 0.335 e. The van der Waals surface area contributed by atoms with Crippen molar-refractivity contribution in [1.82, 2.24) is 15.5 Å². The van der Waals surface area contributed by atoms with Gasteiger partial charge in [-0.05, 0) is 39.4 Å². The zero-order valence-electron chi connectivity index (χ0n) is 11.5. The molecule has 0 aliphatic carbocycles. The van der Waals surface area contributed by atoms with Crippen molar-refractivity contribution in [2.45, 2.75) is 39.7 Å². The van der Waals surface area contributed by atoms with E-state index in [1.165, 1.54) is 0 Å². The fourth-order valence-electron chi connectivity index (χ4n) is 1.65. The van der Waals surface area contributed by atoms with Crippen LogP contribution in [-0.4, -0.2) is 48.4 Å². The van der Waals surface area contributed by atoms with Gasteiger partial charge in [0.1, 0.15) is 5.88 Å². The van der Waals surface area contributed by atoms with Gasteiger partial charge < -0.3 is 10.2 Å². The second kappa shape index (κ2) is 10.1. The maximum Gasteiger partial charge on any atom is 0.321 e. The molecule has 6 heteroatoms. The van der Waals surface area contributed by atoms with Crippen LogP contribution in [0.4, 0.5) is 4.79 Å². The first-order chi connectivity index (χ1) is 8.53. The van der Waals surface area contributed by atoms with Gasteiger partial charge in [-0.25, -0.2) is 4.79 Å². The van der Waals surface area contributed by atoms with E-state index < -0.39 is 11.9 Å². The summed E-state index contributed by atoms with van der Waals surface area (Å²) in [6, 6.07) is -0.431. The van der Waals surface area contributed by atoms with E-state index in [2.05, 4.69) is 29.4 Å². The highest BCUT2D eigenvalue weighted by Gasteiger charge is 2.10. The van der Waals surface area contributed by atoms with Gasteiger partial charge in [0, 0.05) is 6.04 Å². The Morgan fingerprint density at radius 1 is 1.28 bits per heavy atom. The van der Waals surface area contributed by atoms with Crippen molar-refractivity contribution in [2.24, 2.45) is 0 Å². The fourth-order valence-corrected chi connectivity index (χ4v) is 1.72. The Morgan fingerprint density at radius 3 is 2.39 bits per heavy atom. The zero-order valence-corrected chi connectivity index (χ0v) is 12.2. The normalized spacial score (nSPS) is 12.3. The minimum atomic E-state index is -0.482. The quantitative estimate of drug-likeness (QED) is 0.662. The fraction of sp³-hybridized carbons (Fsp3) is 0.833.